The zero-order valence-corrected chi connectivity index (χ0v) is 16.5. The second kappa shape index (κ2) is 6.85. The first-order chi connectivity index (χ1) is 12.0. The van der Waals surface area contributed by atoms with Crippen LogP contribution >= 0.6 is 23.1 Å². The van der Waals surface area contributed by atoms with E-state index in [1.165, 1.54) is 23.3 Å². The van der Waals surface area contributed by atoms with Crippen molar-refractivity contribution in [2.24, 2.45) is 0 Å². The molecule has 0 aliphatic carbocycles. The topological polar surface area (TPSA) is 58.1 Å². The van der Waals surface area contributed by atoms with Gasteiger partial charge in [0.05, 0.1) is 5.75 Å². The summed E-state index contributed by atoms with van der Waals surface area (Å²) in [6.07, 6.45) is 6.30. The van der Waals surface area contributed by atoms with Crippen molar-refractivity contribution in [3.05, 3.63) is 16.8 Å². The second-order valence-corrected chi connectivity index (χ2v) is 9.37. The molecule has 2 aliphatic heterocycles. The number of aryl methyl sites for hydroxylation is 2. The Morgan fingerprint density at radius 2 is 2.04 bits per heavy atom. The molecule has 2 fully saturated rings. The van der Waals surface area contributed by atoms with Gasteiger partial charge in [-0.1, -0.05) is 11.8 Å². The van der Waals surface area contributed by atoms with Crippen molar-refractivity contribution in [1.29, 1.82) is 0 Å². The van der Waals surface area contributed by atoms with Crippen molar-refractivity contribution < 1.29 is 4.79 Å². The number of piperidine rings is 1. The monoisotopic (exact) mass is 376 g/mol. The second-order valence-electron chi connectivity index (χ2n) is 7.20. The summed E-state index contributed by atoms with van der Waals surface area (Å²) >= 11 is 3.24. The van der Waals surface area contributed by atoms with Crippen LogP contribution in [0.25, 0.3) is 10.2 Å². The Labute approximate surface area is 156 Å². The van der Waals surface area contributed by atoms with E-state index in [1.54, 1.807) is 29.4 Å². The zero-order chi connectivity index (χ0) is 17.6. The number of carbonyl (C=O) groups is 1. The van der Waals surface area contributed by atoms with Crippen LogP contribution in [0.1, 0.15) is 36.1 Å². The van der Waals surface area contributed by atoms with Crippen molar-refractivity contribution in [1.82, 2.24) is 20.2 Å². The highest BCUT2D eigenvalue weighted by molar-refractivity contribution is 8.00. The Morgan fingerprint density at radius 1 is 1.32 bits per heavy atom. The minimum atomic E-state index is 0.202. The molecular formula is C18H24N4OS2. The van der Waals surface area contributed by atoms with Crippen LogP contribution in [0.15, 0.2) is 11.4 Å². The van der Waals surface area contributed by atoms with Crippen LogP contribution in [0.4, 0.5) is 0 Å². The molecule has 134 valence electrons. The van der Waals surface area contributed by atoms with Gasteiger partial charge in [-0.2, -0.15) is 0 Å². The summed E-state index contributed by atoms with van der Waals surface area (Å²) in [5.74, 6) is 0.642. The van der Waals surface area contributed by atoms with E-state index in [4.69, 9.17) is 0 Å². The lowest BCUT2D eigenvalue weighted by Crippen LogP contribution is -2.49. The molecule has 1 N–H and O–H groups in total. The number of fused-ring (bicyclic) bond motifs is 3. The number of nitrogens with one attached hydrogen (secondary N) is 1. The van der Waals surface area contributed by atoms with Crippen LogP contribution in [0.5, 0.6) is 0 Å². The fraction of sp³-hybridized carbons (Fsp3) is 0.611. The van der Waals surface area contributed by atoms with E-state index in [0.717, 1.165) is 28.1 Å². The molecule has 4 heterocycles. The maximum atomic E-state index is 12.7. The number of hydrogen-bond donors (Lipinski definition) is 1. The van der Waals surface area contributed by atoms with Gasteiger partial charge in [0.15, 0.2) is 0 Å². The number of thioether (sulfide) groups is 1. The van der Waals surface area contributed by atoms with Gasteiger partial charge in [-0.05, 0) is 45.1 Å². The van der Waals surface area contributed by atoms with Gasteiger partial charge in [-0.25, -0.2) is 9.97 Å². The molecule has 1 amide bonds. The number of rotatable bonds is 4. The molecule has 2 aromatic heterocycles. The van der Waals surface area contributed by atoms with Crippen LogP contribution in [-0.2, 0) is 4.79 Å². The Bertz CT molecular complexity index is 794. The standard InChI is InChI=1S/C18H24N4OS2/c1-10-11(2)25-18-16(10)17(19-9-20-18)24-8-15(23)22(3)14-6-12-4-5-13(7-14)21-12/h9,12-14,21H,4-8H2,1-3H3. The third-order valence-electron chi connectivity index (χ3n) is 5.65. The molecule has 2 bridgehead atoms. The van der Waals surface area contributed by atoms with Gasteiger partial charge in [0.2, 0.25) is 5.91 Å². The molecule has 5 nitrogen and oxygen atoms in total. The SMILES string of the molecule is Cc1sc2ncnc(SCC(=O)N(C)C3CC4CCC(C3)N4)c2c1C. The first kappa shape index (κ1) is 17.2. The highest BCUT2D eigenvalue weighted by Gasteiger charge is 2.36. The fourth-order valence-corrected chi connectivity index (χ4v) is 6.08. The lowest BCUT2D eigenvalue weighted by molar-refractivity contribution is -0.129. The van der Waals surface area contributed by atoms with E-state index in [-0.39, 0.29) is 5.91 Å². The highest BCUT2D eigenvalue weighted by Crippen LogP contribution is 2.35. The summed E-state index contributed by atoms with van der Waals surface area (Å²) in [7, 11) is 1.97. The minimum Gasteiger partial charge on any atom is -0.342 e. The largest absolute Gasteiger partial charge is 0.342 e. The third kappa shape index (κ3) is 3.29. The summed E-state index contributed by atoms with van der Waals surface area (Å²) in [4.78, 5) is 25.8. The first-order valence-electron chi connectivity index (χ1n) is 8.88. The normalized spacial score (nSPS) is 25.5. The molecule has 25 heavy (non-hydrogen) atoms. The third-order valence-corrected chi connectivity index (χ3v) is 7.74. The summed E-state index contributed by atoms with van der Waals surface area (Å²) in [6, 6.07) is 1.58. The Balaban J connectivity index is 1.43. The van der Waals surface area contributed by atoms with Crippen molar-refractivity contribution >= 4 is 39.2 Å². The van der Waals surface area contributed by atoms with E-state index in [9.17, 15) is 4.79 Å². The van der Waals surface area contributed by atoms with Gasteiger partial charge in [0.1, 0.15) is 16.2 Å². The molecule has 0 radical (unpaired) electrons. The molecule has 7 heteroatoms. The van der Waals surface area contributed by atoms with E-state index >= 15 is 0 Å². The Hall–Kier alpha value is -1.18. The molecule has 2 saturated heterocycles. The highest BCUT2D eigenvalue weighted by atomic mass is 32.2. The zero-order valence-electron chi connectivity index (χ0n) is 14.9. The minimum absolute atomic E-state index is 0.202. The van der Waals surface area contributed by atoms with Crippen LogP contribution in [0, 0.1) is 13.8 Å². The van der Waals surface area contributed by atoms with Crippen LogP contribution < -0.4 is 5.32 Å². The van der Waals surface area contributed by atoms with Gasteiger partial charge in [-0.3, -0.25) is 4.79 Å². The summed E-state index contributed by atoms with van der Waals surface area (Å²) in [5.41, 5.74) is 1.24. The van der Waals surface area contributed by atoms with Crippen LogP contribution in [-0.4, -0.2) is 51.7 Å². The number of nitrogens with zero attached hydrogens (tertiary/aromatic N) is 3. The van der Waals surface area contributed by atoms with Crippen molar-refractivity contribution in [2.75, 3.05) is 12.8 Å². The fourth-order valence-electron chi connectivity index (χ4n) is 4.04. The molecule has 0 spiro atoms. The molecule has 2 aromatic rings. The maximum Gasteiger partial charge on any atom is 0.232 e. The smallest absolute Gasteiger partial charge is 0.232 e. The number of hydrogen-bond acceptors (Lipinski definition) is 6. The van der Waals surface area contributed by atoms with Crippen LogP contribution in [0.3, 0.4) is 0 Å². The molecule has 0 saturated carbocycles. The molecular weight excluding hydrogens is 352 g/mol. The van der Waals surface area contributed by atoms with Crippen molar-refractivity contribution in [3.63, 3.8) is 0 Å². The van der Waals surface area contributed by atoms with Crippen LogP contribution in [0.2, 0.25) is 0 Å². The molecule has 2 atom stereocenters. The summed E-state index contributed by atoms with van der Waals surface area (Å²) < 4.78 is 0. The van der Waals surface area contributed by atoms with Gasteiger partial charge < -0.3 is 10.2 Å². The number of carbonyl (C=O) groups excluding carboxylic acids is 1. The summed E-state index contributed by atoms with van der Waals surface area (Å²) in [6.45, 7) is 4.22. The van der Waals surface area contributed by atoms with E-state index in [2.05, 4.69) is 29.1 Å². The predicted molar refractivity (Wildman–Crippen MR) is 103 cm³/mol. The Morgan fingerprint density at radius 3 is 2.76 bits per heavy atom. The van der Waals surface area contributed by atoms with Gasteiger partial charge in [0.25, 0.3) is 0 Å². The predicted octanol–water partition coefficient (Wildman–Crippen LogP) is 3.14. The average Bonchev–Trinajstić information content (AvgIpc) is 3.10. The first-order valence-corrected chi connectivity index (χ1v) is 10.7. The lowest BCUT2D eigenvalue weighted by atomic mass is 9.98. The van der Waals surface area contributed by atoms with Crippen molar-refractivity contribution in [2.45, 2.75) is 62.7 Å². The molecule has 2 aliphatic rings. The van der Waals surface area contributed by atoms with E-state index in [1.807, 2.05) is 11.9 Å². The lowest BCUT2D eigenvalue weighted by Gasteiger charge is -2.35. The summed E-state index contributed by atoms with van der Waals surface area (Å²) in [5, 5.41) is 5.69. The molecule has 0 aromatic carbocycles. The van der Waals surface area contributed by atoms with Gasteiger partial charge >= 0.3 is 0 Å². The van der Waals surface area contributed by atoms with Gasteiger partial charge in [-0.15, -0.1) is 11.3 Å². The molecule has 4 rings (SSSR count). The molecule has 2 unspecified atom stereocenters. The number of thiophene rings is 1. The number of amides is 1. The quantitative estimate of drug-likeness (QED) is 0.656. The van der Waals surface area contributed by atoms with Gasteiger partial charge in [0, 0.05) is 35.4 Å². The average molecular weight is 377 g/mol. The number of aromatic nitrogens is 2. The van der Waals surface area contributed by atoms with Crippen molar-refractivity contribution in [3.8, 4) is 0 Å². The Kier molecular flexibility index (Phi) is 4.73. The van der Waals surface area contributed by atoms with E-state index < -0.39 is 0 Å². The van der Waals surface area contributed by atoms with E-state index in [0.29, 0.717) is 23.9 Å². The maximum absolute atomic E-state index is 12.7.